The Balaban J connectivity index is 2.65. The van der Waals surface area contributed by atoms with E-state index >= 15 is 0 Å². The van der Waals surface area contributed by atoms with Crippen LogP contribution in [-0.2, 0) is 0 Å². The van der Waals surface area contributed by atoms with E-state index in [2.05, 4.69) is 0 Å². The molecule has 3 heteroatoms. The van der Waals surface area contributed by atoms with Gasteiger partial charge in [-0.25, -0.2) is 8.78 Å². The molecule has 0 heterocycles. The van der Waals surface area contributed by atoms with Gasteiger partial charge >= 0.3 is 0 Å². The van der Waals surface area contributed by atoms with E-state index in [1.807, 2.05) is 0 Å². The molecule has 1 atom stereocenters. The highest BCUT2D eigenvalue weighted by Crippen LogP contribution is 2.34. The molecule has 0 aromatic heterocycles. The van der Waals surface area contributed by atoms with Crippen molar-refractivity contribution in [2.24, 2.45) is 0 Å². The van der Waals surface area contributed by atoms with Crippen LogP contribution in [0.1, 0.15) is 6.42 Å². The van der Waals surface area contributed by atoms with E-state index in [1.54, 1.807) is 0 Å². The van der Waals surface area contributed by atoms with Gasteiger partial charge in [0.15, 0.2) is 6.17 Å². The molecule has 0 radical (unpaired) electrons. The minimum absolute atomic E-state index is 0.0347. The van der Waals surface area contributed by atoms with Crippen LogP contribution in [0, 0.1) is 0 Å². The first-order valence-electron chi connectivity index (χ1n) is 1.90. The highest BCUT2D eigenvalue weighted by atomic mass is 35.5. The number of allylic oxidation sites excluding steroid dienone is 2. The molecule has 0 nitrogen and oxygen atoms in total. The van der Waals surface area contributed by atoms with Crippen LogP contribution in [0.4, 0.5) is 8.78 Å². The molecule has 0 saturated carbocycles. The van der Waals surface area contributed by atoms with Crippen molar-refractivity contribution < 1.29 is 8.78 Å². The number of alkyl halides is 1. The zero-order valence-corrected chi connectivity index (χ0v) is 4.17. The van der Waals surface area contributed by atoms with Crippen molar-refractivity contribution in [1.29, 1.82) is 0 Å². The van der Waals surface area contributed by atoms with Gasteiger partial charge in [-0.2, -0.15) is 0 Å². The van der Waals surface area contributed by atoms with Gasteiger partial charge in [-0.15, -0.1) is 0 Å². The number of hydrogen-bond acceptors (Lipinski definition) is 0. The summed E-state index contributed by atoms with van der Waals surface area (Å²) < 4.78 is 23.3. The van der Waals surface area contributed by atoms with Gasteiger partial charge < -0.3 is 0 Å². The van der Waals surface area contributed by atoms with Gasteiger partial charge in [-0.1, -0.05) is 11.6 Å². The van der Waals surface area contributed by atoms with Crippen LogP contribution in [0.2, 0.25) is 0 Å². The summed E-state index contributed by atoms with van der Waals surface area (Å²) in [7, 11) is 0. The number of hydrogen-bond donors (Lipinski definition) is 0. The van der Waals surface area contributed by atoms with Crippen LogP contribution in [0.3, 0.4) is 0 Å². The number of rotatable bonds is 0. The molecule has 1 aliphatic rings. The molecule has 0 amide bonds. The average Bonchev–Trinajstić information content (AvgIpc) is 1.68. The molecule has 1 rings (SSSR count). The van der Waals surface area contributed by atoms with Crippen molar-refractivity contribution in [3.63, 3.8) is 0 Å². The second-order valence-electron chi connectivity index (χ2n) is 1.42. The first kappa shape index (κ1) is 5.04. The first-order valence-corrected chi connectivity index (χ1v) is 2.27. The van der Waals surface area contributed by atoms with Crippen molar-refractivity contribution in [2.45, 2.75) is 12.6 Å². The fourth-order valence-electron chi connectivity index (χ4n) is 0.383. The Labute approximate surface area is 44.8 Å². The molecule has 7 heavy (non-hydrogen) atoms. The largest absolute Gasteiger partial charge is 0.239 e. The average molecular weight is 125 g/mol. The van der Waals surface area contributed by atoms with E-state index < -0.39 is 12.0 Å². The molecule has 0 N–H and O–H groups in total. The lowest BCUT2D eigenvalue weighted by atomic mass is 10.1. The minimum Gasteiger partial charge on any atom is -0.239 e. The molecular formula is C4H3ClF2. The maximum atomic E-state index is 11.7. The summed E-state index contributed by atoms with van der Waals surface area (Å²) in [5.74, 6) is -0.790. The van der Waals surface area contributed by atoms with Gasteiger partial charge in [-0.05, 0) is 0 Å². The molecule has 0 spiro atoms. The normalized spacial score (nSPS) is 30.4. The van der Waals surface area contributed by atoms with Crippen LogP contribution in [0.5, 0.6) is 0 Å². The fourth-order valence-corrected chi connectivity index (χ4v) is 0.637. The van der Waals surface area contributed by atoms with E-state index in [0.29, 0.717) is 0 Å². The molecule has 0 aliphatic heterocycles. The highest BCUT2D eigenvalue weighted by Gasteiger charge is 2.28. The maximum absolute atomic E-state index is 11.7. The monoisotopic (exact) mass is 124 g/mol. The van der Waals surface area contributed by atoms with Crippen LogP contribution in [-0.4, -0.2) is 6.17 Å². The molecule has 0 aromatic carbocycles. The van der Waals surface area contributed by atoms with E-state index in [4.69, 9.17) is 11.6 Å². The Morgan fingerprint density at radius 2 is 2.29 bits per heavy atom. The van der Waals surface area contributed by atoms with Gasteiger partial charge in [-0.3, -0.25) is 0 Å². The third kappa shape index (κ3) is 0.630. The standard InChI is InChI=1S/C4H3ClF2/c5-2-1-3(6)4(2)7/h3H,1H2. The Bertz CT molecular complexity index is 119. The van der Waals surface area contributed by atoms with Gasteiger partial charge in [0.25, 0.3) is 0 Å². The van der Waals surface area contributed by atoms with Gasteiger partial charge in [0.05, 0.1) is 5.03 Å². The zero-order valence-electron chi connectivity index (χ0n) is 3.42. The summed E-state index contributed by atoms with van der Waals surface area (Å²) in [6.45, 7) is 0. The molecule has 1 unspecified atom stereocenters. The molecule has 0 aromatic rings. The first-order chi connectivity index (χ1) is 3.22. The molecule has 0 saturated heterocycles. The van der Waals surface area contributed by atoms with Crippen LogP contribution in [0.15, 0.2) is 10.9 Å². The lowest BCUT2D eigenvalue weighted by Crippen LogP contribution is -2.12. The SMILES string of the molecule is FC1=C(Cl)CC1F. The third-order valence-electron chi connectivity index (χ3n) is 0.893. The lowest BCUT2D eigenvalue weighted by molar-refractivity contribution is 0.288. The topological polar surface area (TPSA) is 0 Å². The summed E-state index contributed by atoms with van der Waals surface area (Å²) in [4.78, 5) is 0. The Morgan fingerprint density at radius 3 is 2.29 bits per heavy atom. The van der Waals surface area contributed by atoms with E-state index in [9.17, 15) is 8.78 Å². The Kier molecular flexibility index (Phi) is 1.04. The van der Waals surface area contributed by atoms with Gasteiger partial charge in [0.1, 0.15) is 5.83 Å². The second kappa shape index (κ2) is 1.44. The van der Waals surface area contributed by atoms with Crippen molar-refractivity contribution in [1.82, 2.24) is 0 Å². The molecule has 0 fully saturated rings. The Hall–Kier alpha value is -0.110. The van der Waals surface area contributed by atoms with Crippen LogP contribution in [0.25, 0.3) is 0 Å². The molecule has 40 valence electrons. The summed E-state index contributed by atoms with van der Waals surface area (Å²) in [5, 5.41) is 0.0347. The predicted molar refractivity (Wildman–Crippen MR) is 23.5 cm³/mol. The van der Waals surface area contributed by atoms with E-state index in [1.165, 1.54) is 0 Å². The summed E-state index contributed by atoms with van der Waals surface area (Å²) >= 11 is 5.06. The smallest absolute Gasteiger partial charge is 0.157 e. The number of halogens is 3. The third-order valence-corrected chi connectivity index (χ3v) is 1.23. The zero-order chi connectivity index (χ0) is 5.44. The van der Waals surface area contributed by atoms with Crippen molar-refractivity contribution in [3.05, 3.63) is 10.9 Å². The van der Waals surface area contributed by atoms with Gasteiger partial charge in [0.2, 0.25) is 0 Å². The minimum atomic E-state index is -1.41. The maximum Gasteiger partial charge on any atom is 0.157 e. The van der Waals surface area contributed by atoms with Crippen molar-refractivity contribution in [3.8, 4) is 0 Å². The van der Waals surface area contributed by atoms with Crippen LogP contribution >= 0.6 is 11.6 Å². The van der Waals surface area contributed by atoms with Gasteiger partial charge in [0, 0.05) is 6.42 Å². The molecule has 0 bridgehead atoms. The molecule has 1 aliphatic carbocycles. The van der Waals surface area contributed by atoms with Crippen LogP contribution < -0.4 is 0 Å². The quantitative estimate of drug-likeness (QED) is 0.464. The summed E-state index contributed by atoms with van der Waals surface area (Å²) in [6, 6.07) is 0. The van der Waals surface area contributed by atoms with Crippen molar-refractivity contribution in [2.75, 3.05) is 0 Å². The van der Waals surface area contributed by atoms with Crippen molar-refractivity contribution >= 4 is 11.6 Å². The highest BCUT2D eigenvalue weighted by molar-refractivity contribution is 6.30. The fraction of sp³-hybridized carbons (Fsp3) is 0.500. The summed E-state index contributed by atoms with van der Waals surface area (Å²) in [5.41, 5.74) is 0. The molecular weight excluding hydrogens is 121 g/mol. The second-order valence-corrected chi connectivity index (χ2v) is 1.88. The van der Waals surface area contributed by atoms with E-state index in [0.717, 1.165) is 0 Å². The Morgan fingerprint density at radius 1 is 1.71 bits per heavy atom. The summed E-state index contributed by atoms with van der Waals surface area (Å²) in [6.07, 6.45) is -1.35. The van der Waals surface area contributed by atoms with E-state index in [-0.39, 0.29) is 11.5 Å². The lowest BCUT2D eigenvalue weighted by Gasteiger charge is -2.14. The predicted octanol–water partition coefficient (Wildman–Crippen LogP) is 2.15.